The van der Waals surface area contributed by atoms with Crippen LogP contribution in [0.5, 0.6) is 0 Å². The topological polar surface area (TPSA) is 102 Å². The Morgan fingerprint density at radius 3 is 2.76 bits per heavy atom. The average molecular weight is 363 g/mol. The van der Waals surface area contributed by atoms with Gasteiger partial charge in [-0.15, -0.1) is 10.2 Å². The van der Waals surface area contributed by atoms with E-state index in [1.807, 2.05) is 0 Å². The molecule has 1 aromatic carbocycles. The zero-order valence-electron chi connectivity index (χ0n) is 13.8. The lowest BCUT2D eigenvalue weighted by atomic mass is 10.2. The van der Waals surface area contributed by atoms with E-state index in [0.29, 0.717) is 22.1 Å². The number of rotatable bonds is 5. The van der Waals surface area contributed by atoms with Crippen molar-refractivity contribution in [2.45, 2.75) is 45.2 Å². The van der Waals surface area contributed by atoms with Gasteiger partial charge in [0.1, 0.15) is 6.54 Å². The fourth-order valence-corrected chi connectivity index (χ4v) is 3.07. The Kier molecular flexibility index (Phi) is 5.28. The molecule has 25 heavy (non-hydrogen) atoms. The molecular weight excluding hydrogens is 344 g/mol. The number of anilines is 1. The Labute approximate surface area is 149 Å². The van der Waals surface area contributed by atoms with Crippen molar-refractivity contribution >= 4 is 29.1 Å². The number of carbonyl (C=O) groups is 2. The lowest BCUT2D eigenvalue weighted by molar-refractivity contribution is -0.122. The molecule has 0 radical (unpaired) electrons. The van der Waals surface area contributed by atoms with Gasteiger partial charge in [-0.25, -0.2) is 0 Å². The van der Waals surface area contributed by atoms with Crippen LogP contribution < -0.4 is 10.6 Å². The number of nitrogens with zero attached hydrogens (tertiary/aromatic N) is 4. The third kappa shape index (κ3) is 4.54. The summed E-state index contributed by atoms with van der Waals surface area (Å²) in [6.07, 6.45) is 4.37. The highest BCUT2D eigenvalue weighted by Gasteiger charge is 2.18. The smallest absolute Gasteiger partial charge is 0.243 e. The highest BCUT2D eigenvalue weighted by molar-refractivity contribution is 6.34. The van der Waals surface area contributed by atoms with Crippen LogP contribution in [0.4, 0.5) is 5.69 Å². The SMILES string of the molecule is CC(=O)Nc1ccc(-c2nnn(CC(=O)NC3CCCC3)n2)cc1Cl. The number of aromatic nitrogens is 4. The number of halogens is 1. The van der Waals surface area contributed by atoms with E-state index in [1.165, 1.54) is 11.7 Å². The van der Waals surface area contributed by atoms with Crippen molar-refractivity contribution in [3.05, 3.63) is 23.2 Å². The molecule has 1 aromatic heterocycles. The van der Waals surface area contributed by atoms with Crippen molar-refractivity contribution < 1.29 is 9.59 Å². The van der Waals surface area contributed by atoms with Crippen LogP contribution in [-0.2, 0) is 16.1 Å². The monoisotopic (exact) mass is 362 g/mol. The fraction of sp³-hybridized carbons (Fsp3) is 0.438. The maximum atomic E-state index is 12.0. The number of carbonyl (C=O) groups excluding carboxylic acids is 2. The highest BCUT2D eigenvalue weighted by Crippen LogP contribution is 2.26. The lowest BCUT2D eigenvalue weighted by Crippen LogP contribution is -2.35. The van der Waals surface area contributed by atoms with E-state index in [9.17, 15) is 9.59 Å². The molecule has 1 aliphatic carbocycles. The molecule has 0 spiro atoms. The Hall–Kier alpha value is -2.48. The zero-order chi connectivity index (χ0) is 17.8. The largest absolute Gasteiger partial charge is 0.352 e. The second kappa shape index (κ2) is 7.60. The fourth-order valence-electron chi connectivity index (χ4n) is 2.84. The van der Waals surface area contributed by atoms with Gasteiger partial charge >= 0.3 is 0 Å². The number of hydrogen-bond acceptors (Lipinski definition) is 5. The maximum absolute atomic E-state index is 12.0. The molecule has 2 aromatic rings. The summed E-state index contributed by atoms with van der Waals surface area (Å²) in [6.45, 7) is 1.44. The van der Waals surface area contributed by atoms with Gasteiger partial charge in [-0.3, -0.25) is 9.59 Å². The van der Waals surface area contributed by atoms with Crippen LogP contribution in [0.2, 0.25) is 5.02 Å². The molecular formula is C16H19ClN6O2. The van der Waals surface area contributed by atoms with Gasteiger partial charge in [0.15, 0.2) is 0 Å². The van der Waals surface area contributed by atoms with E-state index >= 15 is 0 Å². The summed E-state index contributed by atoms with van der Waals surface area (Å²) in [5.41, 5.74) is 1.17. The second-order valence-corrected chi connectivity index (χ2v) is 6.48. The number of amides is 2. The molecule has 132 valence electrons. The summed E-state index contributed by atoms with van der Waals surface area (Å²) in [6, 6.07) is 5.31. The average Bonchev–Trinajstić information content (AvgIpc) is 3.21. The van der Waals surface area contributed by atoms with E-state index in [-0.39, 0.29) is 24.4 Å². The predicted octanol–water partition coefficient (Wildman–Crippen LogP) is 2.01. The molecule has 8 nitrogen and oxygen atoms in total. The summed E-state index contributed by atoms with van der Waals surface area (Å²) in [4.78, 5) is 24.4. The molecule has 1 heterocycles. The zero-order valence-corrected chi connectivity index (χ0v) is 14.6. The molecule has 0 aliphatic heterocycles. The van der Waals surface area contributed by atoms with Gasteiger partial charge < -0.3 is 10.6 Å². The minimum atomic E-state index is -0.202. The number of nitrogens with one attached hydrogen (secondary N) is 2. The van der Waals surface area contributed by atoms with E-state index in [1.54, 1.807) is 18.2 Å². The van der Waals surface area contributed by atoms with Crippen LogP contribution >= 0.6 is 11.6 Å². The van der Waals surface area contributed by atoms with Crippen LogP contribution in [0.25, 0.3) is 11.4 Å². The molecule has 9 heteroatoms. The highest BCUT2D eigenvalue weighted by atomic mass is 35.5. The van der Waals surface area contributed by atoms with Crippen molar-refractivity contribution in [3.63, 3.8) is 0 Å². The Balaban J connectivity index is 1.65. The summed E-state index contributed by atoms with van der Waals surface area (Å²) in [7, 11) is 0. The first-order valence-electron chi connectivity index (χ1n) is 8.16. The lowest BCUT2D eigenvalue weighted by Gasteiger charge is -2.10. The summed E-state index contributed by atoms with van der Waals surface area (Å²) in [5, 5.41) is 18.1. The third-order valence-corrected chi connectivity index (χ3v) is 4.31. The van der Waals surface area contributed by atoms with Gasteiger partial charge in [0.25, 0.3) is 0 Å². The van der Waals surface area contributed by atoms with Crippen molar-refractivity contribution in [2.75, 3.05) is 5.32 Å². The Morgan fingerprint density at radius 2 is 2.08 bits per heavy atom. The van der Waals surface area contributed by atoms with Gasteiger partial charge in [-0.2, -0.15) is 4.80 Å². The number of benzene rings is 1. The van der Waals surface area contributed by atoms with Gasteiger partial charge in [-0.05, 0) is 36.3 Å². The van der Waals surface area contributed by atoms with Crippen LogP contribution in [0.15, 0.2) is 18.2 Å². The normalized spacial score (nSPS) is 14.5. The standard InChI is InChI=1S/C16H19ClN6O2/c1-10(24)18-14-7-6-11(8-13(14)17)16-20-22-23(21-16)9-15(25)19-12-4-2-3-5-12/h6-8,12H,2-5,9H2,1H3,(H,18,24)(H,19,25). The van der Waals surface area contributed by atoms with Gasteiger partial charge in [0.05, 0.1) is 10.7 Å². The van der Waals surface area contributed by atoms with Crippen molar-refractivity contribution in [1.82, 2.24) is 25.5 Å². The van der Waals surface area contributed by atoms with Crippen LogP contribution in [0.3, 0.4) is 0 Å². The molecule has 1 aliphatic rings. The molecule has 2 amide bonds. The number of hydrogen-bond donors (Lipinski definition) is 2. The summed E-state index contributed by atoms with van der Waals surface area (Å²) < 4.78 is 0. The molecule has 3 rings (SSSR count). The molecule has 2 N–H and O–H groups in total. The summed E-state index contributed by atoms with van der Waals surface area (Å²) >= 11 is 6.15. The third-order valence-electron chi connectivity index (χ3n) is 4.00. The molecule has 0 unspecified atom stereocenters. The molecule has 0 atom stereocenters. The quantitative estimate of drug-likeness (QED) is 0.847. The maximum Gasteiger partial charge on any atom is 0.243 e. The van der Waals surface area contributed by atoms with E-state index in [0.717, 1.165) is 25.7 Å². The van der Waals surface area contributed by atoms with Gasteiger partial charge in [-0.1, -0.05) is 24.4 Å². The Morgan fingerprint density at radius 1 is 1.32 bits per heavy atom. The minimum Gasteiger partial charge on any atom is -0.352 e. The summed E-state index contributed by atoms with van der Waals surface area (Å²) in [5.74, 6) is 0.0480. The predicted molar refractivity (Wildman–Crippen MR) is 93.0 cm³/mol. The minimum absolute atomic E-state index is 0.0290. The van der Waals surface area contributed by atoms with Crippen LogP contribution in [-0.4, -0.2) is 38.1 Å². The second-order valence-electron chi connectivity index (χ2n) is 6.07. The van der Waals surface area contributed by atoms with Crippen LogP contribution in [0.1, 0.15) is 32.6 Å². The Bertz CT molecular complexity index is 785. The molecule has 1 saturated carbocycles. The number of tetrazole rings is 1. The van der Waals surface area contributed by atoms with Crippen molar-refractivity contribution in [1.29, 1.82) is 0 Å². The molecule has 0 bridgehead atoms. The van der Waals surface area contributed by atoms with Crippen molar-refractivity contribution in [3.8, 4) is 11.4 Å². The van der Waals surface area contributed by atoms with Gasteiger partial charge in [0.2, 0.25) is 17.6 Å². The van der Waals surface area contributed by atoms with Crippen LogP contribution in [0, 0.1) is 0 Å². The van der Waals surface area contributed by atoms with E-state index in [4.69, 9.17) is 11.6 Å². The van der Waals surface area contributed by atoms with Gasteiger partial charge in [0, 0.05) is 18.5 Å². The first-order chi connectivity index (χ1) is 12.0. The van der Waals surface area contributed by atoms with E-state index < -0.39 is 0 Å². The van der Waals surface area contributed by atoms with Crippen molar-refractivity contribution in [2.24, 2.45) is 0 Å². The first-order valence-corrected chi connectivity index (χ1v) is 8.54. The molecule has 1 fully saturated rings. The molecule has 0 saturated heterocycles. The first kappa shape index (κ1) is 17.3. The van der Waals surface area contributed by atoms with E-state index in [2.05, 4.69) is 26.0 Å².